The number of carbonyl (C=O) groups is 3. The number of hydrogen-bond acceptors (Lipinski definition) is 8. The molecule has 0 aliphatic carbocycles. The summed E-state index contributed by atoms with van der Waals surface area (Å²) in [5.74, 6) is -1.49. The molecule has 2 aromatic rings. The molecular weight excluding hydrogens is 428 g/mol. The molecule has 1 amide bonds. The second-order valence-corrected chi connectivity index (χ2v) is 8.60. The lowest BCUT2D eigenvalue weighted by molar-refractivity contribution is -0.162. The fraction of sp³-hybridized carbons (Fsp3) is 0.375. The first-order valence-corrected chi connectivity index (χ1v) is 10.5. The average molecular weight is 456 g/mol. The normalized spacial score (nSPS) is 16.7. The molecular formula is C24H28N2O7. The number of esters is 1. The van der Waals surface area contributed by atoms with E-state index in [-0.39, 0.29) is 30.9 Å². The summed E-state index contributed by atoms with van der Waals surface area (Å²) in [5.41, 5.74) is 0.280. The third kappa shape index (κ3) is 6.01. The fourth-order valence-corrected chi connectivity index (χ4v) is 3.41. The van der Waals surface area contributed by atoms with Crippen LogP contribution in [0.25, 0.3) is 0 Å². The number of nitrogens with zero attached hydrogens (tertiary/aromatic N) is 2. The molecule has 1 fully saturated rings. The predicted molar refractivity (Wildman–Crippen MR) is 119 cm³/mol. The maximum absolute atomic E-state index is 12.7. The van der Waals surface area contributed by atoms with Gasteiger partial charge in [-0.15, -0.1) is 5.06 Å². The molecule has 1 aliphatic rings. The van der Waals surface area contributed by atoms with Gasteiger partial charge in [0, 0.05) is 13.1 Å². The third-order valence-electron chi connectivity index (χ3n) is 5.00. The molecule has 1 aliphatic heterocycles. The summed E-state index contributed by atoms with van der Waals surface area (Å²) in [5, 5.41) is 11.8. The number of phenols is 1. The Labute approximate surface area is 192 Å². The highest BCUT2D eigenvalue weighted by atomic mass is 16.7. The van der Waals surface area contributed by atoms with E-state index in [0.717, 1.165) is 0 Å². The van der Waals surface area contributed by atoms with E-state index in [9.17, 15) is 19.5 Å². The zero-order chi connectivity index (χ0) is 24.2. The second-order valence-electron chi connectivity index (χ2n) is 8.60. The van der Waals surface area contributed by atoms with E-state index in [2.05, 4.69) is 4.74 Å². The zero-order valence-corrected chi connectivity index (χ0v) is 19.1. The fourth-order valence-electron chi connectivity index (χ4n) is 3.41. The van der Waals surface area contributed by atoms with Gasteiger partial charge < -0.3 is 24.3 Å². The Kier molecular flexibility index (Phi) is 7.23. The number of amides is 1. The Bertz CT molecular complexity index is 1020. The van der Waals surface area contributed by atoms with Crippen LogP contribution in [0, 0.1) is 0 Å². The highest BCUT2D eigenvalue weighted by molar-refractivity contribution is 5.92. The third-order valence-corrected chi connectivity index (χ3v) is 5.00. The predicted octanol–water partition coefficient (Wildman–Crippen LogP) is 3.54. The van der Waals surface area contributed by atoms with Crippen LogP contribution in [0.4, 0.5) is 4.79 Å². The Morgan fingerprint density at radius 2 is 1.70 bits per heavy atom. The van der Waals surface area contributed by atoms with Crippen LogP contribution in [0.15, 0.2) is 48.5 Å². The molecule has 1 unspecified atom stereocenters. The lowest BCUT2D eigenvalue weighted by Gasteiger charge is -2.40. The Morgan fingerprint density at radius 3 is 2.30 bits per heavy atom. The number of rotatable bonds is 4. The number of ether oxygens (including phenoxy) is 2. The van der Waals surface area contributed by atoms with Crippen molar-refractivity contribution in [3.8, 4) is 5.75 Å². The number of piperazine rings is 1. The van der Waals surface area contributed by atoms with Crippen molar-refractivity contribution in [1.29, 1.82) is 0 Å². The molecule has 1 atom stereocenters. The molecule has 176 valence electrons. The van der Waals surface area contributed by atoms with Crippen LogP contribution in [0.5, 0.6) is 5.75 Å². The van der Waals surface area contributed by atoms with Gasteiger partial charge in [-0.05, 0) is 50.6 Å². The summed E-state index contributed by atoms with van der Waals surface area (Å²) < 4.78 is 10.2. The molecule has 2 aromatic carbocycles. The van der Waals surface area contributed by atoms with Gasteiger partial charge in [-0.25, -0.2) is 14.4 Å². The number of benzene rings is 2. The van der Waals surface area contributed by atoms with E-state index in [0.29, 0.717) is 11.1 Å². The Hall–Kier alpha value is -3.59. The smallest absolute Gasteiger partial charge is 0.410 e. The lowest BCUT2D eigenvalue weighted by atomic mass is 10.0. The molecule has 0 bridgehead atoms. The van der Waals surface area contributed by atoms with Crippen LogP contribution in [-0.4, -0.2) is 65.4 Å². The van der Waals surface area contributed by atoms with Crippen molar-refractivity contribution < 1.29 is 33.8 Å². The van der Waals surface area contributed by atoms with Crippen molar-refractivity contribution in [1.82, 2.24) is 9.96 Å². The minimum Gasteiger partial charge on any atom is -0.507 e. The first-order valence-electron chi connectivity index (χ1n) is 10.5. The molecule has 3 rings (SSSR count). The van der Waals surface area contributed by atoms with Crippen LogP contribution < -0.4 is 0 Å². The summed E-state index contributed by atoms with van der Waals surface area (Å²) in [6, 6.07) is 12.4. The van der Waals surface area contributed by atoms with E-state index in [1.807, 2.05) is 0 Å². The van der Waals surface area contributed by atoms with Crippen molar-refractivity contribution in [3.05, 3.63) is 65.2 Å². The highest BCUT2D eigenvalue weighted by Gasteiger charge is 2.35. The standard InChI is InChI=1S/C24H28N2O7/c1-24(2,3)32-23(30)25-12-13-26(33-21(28)16-8-6-5-7-9-16)19(15-25)17-10-11-18(20(27)14-17)22(29)31-4/h5-11,14,19,27H,12-13,15H2,1-4H3. The quantitative estimate of drug-likeness (QED) is 0.697. The van der Waals surface area contributed by atoms with Crippen molar-refractivity contribution >= 4 is 18.0 Å². The molecule has 9 nitrogen and oxygen atoms in total. The number of hydroxylamine groups is 2. The number of carbonyl (C=O) groups excluding carboxylic acids is 3. The molecule has 1 heterocycles. The summed E-state index contributed by atoms with van der Waals surface area (Å²) in [4.78, 5) is 44.3. The monoisotopic (exact) mass is 456 g/mol. The maximum Gasteiger partial charge on any atom is 0.410 e. The number of hydrogen-bond donors (Lipinski definition) is 1. The number of phenolic OH excluding ortho intramolecular Hbond substituents is 1. The molecule has 1 N–H and O–H groups in total. The van der Waals surface area contributed by atoms with Crippen LogP contribution in [0.2, 0.25) is 0 Å². The van der Waals surface area contributed by atoms with Crippen LogP contribution in [-0.2, 0) is 14.3 Å². The molecule has 33 heavy (non-hydrogen) atoms. The first-order chi connectivity index (χ1) is 15.6. The van der Waals surface area contributed by atoms with Crippen LogP contribution in [0.3, 0.4) is 0 Å². The first kappa shape index (κ1) is 24.1. The molecule has 0 radical (unpaired) electrons. The van der Waals surface area contributed by atoms with Gasteiger partial charge in [-0.3, -0.25) is 0 Å². The van der Waals surface area contributed by atoms with Crippen LogP contribution >= 0.6 is 0 Å². The van der Waals surface area contributed by atoms with Gasteiger partial charge in [0.25, 0.3) is 0 Å². The number of aromatic hydroxyl groups is 1. The highest BCUT2D eigenvalue weighted by Crippen LogP contribution is 2.31. The van der Waals surface area contributed by atoms with E-state index < -0.39 is 29.7 Å². The van der Waals surface area contributed by atoms with Gasteiger partial charge in [-0.2, -0.15) is 0 Å². The molecule has 0 saturated carbocycles. The minimum absolute atomic E-state index is 0.00823. The van der Waals surface area contributed by atoms with Crippen LogP contribution in [0.1, 0.15) is 53.1 Å². The minimum atomic E-state index is -0.676. The van der Waals surface area contributed by atoms with Crippen molar-refractivity contribution in [2.75, 3.05) is 26.7 Å². The Morgan fingerprint density at radius 1 is 1.00 bits per heavy atom. The van der Waals surface area contributed by atoms with Gasteiger partial charge in [0.05, 0.1) is 25.3 Å². The summed E-state index contributed by atoms with van der Waals surface area (Å²) in [7, 11) is 1.22. The second kappa shape index (κ2) is 9.91. The van der Waals surface area contributed by atoms with E-state index in [4.69, 9.17) is 9.57 Å². The van der Waals surface area contributed by atoms with Gasteiger partial charge in [0.15, 0.2) is 0 Å². The average Bonchev–Trinajstić information content (AvgIpc) is 2.78. The van der Waals surface area contributed by atoms with Gasteiger partial charge in [0.2, 0.25) is 0 Å². The molecule has 9 heteroatoms. The van der Waals surface area contributed by atoms with Gasteiger partial charge in [0.1, 0.15) is 16.9 Å². The topological polar surface area (TPSA) is 106 Å². The lowest BCUT2D eigenvalue weighted by Crippen LogP contribution is -2.51. The maximum atomic E-state index is 12.7. The SMILES string of the molecule is COC(=O)c1ccc(C2CN(C(=O)OC(C)(C)C)CCN2OC(=O)c2ccccc2)cc1O. The number of methoxy groups -OCH3 is 1. The molecule has 1 saturated heterocycles. The van der Waals surface area contributed by atoms with Crippen molar-refractivity contribution in [2.45, 2.75) is 32.4 Å². The van der Waals surface area contributed by atoms with E-state index in [1.165, 1.54) is 29.2 Å². The van der Waals surface area contributed by atoms with E-state index in [1.54, 1.807) is 57.2 Å². The summed E-state index contributed by atoms with van der Waals surface area (Å²) in [6.07, 6.45) is -0.489. The molecule has 0 spiro atoms. The summed E-state index contributed by atoms with van der Waals surface area (Å²) in [6.45, 7) is 5.99. The van der Waals surface area contributed by atoms with Crippen molar-refractivity contribution in [3.63, 3.8) is 0 Å². The Balaban J connectivity index is 1.88. The van der Waals surface area contributed by atoms with Gasteiger partial charge >= 0.3 is 18.0 Å². The summed E-state index contributed by atoms with van der Waals surface area (Å²) >= 11 is 0. The largest absolute Gasteiger partial charge is 0.507 e. The van der Waals surface area contributed by atoms with E-state index >= 15 is 0 Å². The zero-order valence-electron chi connectivity index (χ0n) is 19.1. The molecule has 0 aromatic heterocycles. The van der Waals surface area contributed by atoms with Gasteiger partial charge in [-0.1, -0.05) is 24.3 Å². The van der Waals surface area contributed by atoms with Crippen molar-refractivity contribution in [2.24, 2.45) is 0 Å².